The number of benzene rings is 4. The van der Waals surface area contributed by atoms with E-state index in [-0.39, 0.29) is 12.1 Å². The van der Waals surface area contributed by atoms with Gasteiger partial charge in [0, 0.05) is 33.8 Å². The van der Waals surface area contributed by atoms with E-state index in [1.807, 2.05) is 12.3 Å². The Morgan fingerprint density at radius 1 is 0.700 bits per heavy atom. The SMILES string of the molecule is Cc1ccnc(-c2ccc3c4ccccc4n(-c4cc(C5=N[C@@H]6CCC[C@@H]6O5)cc(-c5ccccc5)c4)c3c2)c1. The van der Waals surface area contributed by atoms with Crippen LogP contribution in [0.5, 0.6) is 0 Å². The standard InChI is InChI=1S/C36H29N3O/c1-23-16-17-37-32(18-23)25-14-15-30-29-10-5-6-12-33(29)39(34(30)22-25)28-20-26(24-8-3-2-4-9-24)19-27(21-28)36-38-31-11-7-13-35(31)40-36/h2-6,8-10,12,14-22,31,35H,7,11,13H2,1H3/t31-,35+/m1/s1. The zero-order chi connectivity index (χ0) is 26.6. The van der Waals surface area contributed by atoms with Gasteiger partial charge in [-0.2, -0.15) is 0 Å². The third-order valence-corrected chi connectivity index (χ3v) is 8.38. The number of hydrogen-bond donors (Lipinski definition) is 0. The lowest BCUT2D eigenvalue weighted by molar-refractivity contribution is 0.211. The fourth-order valence-corrected chi connectivity index (χ4v) is 6.42. The van der Waals surface area contributed by atoms with Gasteiger partial charge in [0.25, 0.3) is 0 Å². The van der Waals surface area contributed by atoms with E-state index in [1.165, 1.54) is 33.8 Å². The molecule has 194 valence electrons. The Labute approximate surface area is 233 Å². The van der Waals surface area contributed by atoms with Crippen LogP contribution >= 0.6 is 0 Å². The maximum absolute atomic E-state index is 6.43. The molecule has 6 aromatic rings. The number of aromatic nitrogens is 2. The summed E-state index contributed by atoms with van der Waals surface area (Å²) in [5.41, 5.74) is 10.1. The van der Waals surface area contributed by atoms with E-state index >= 15 is 0 Å². The van der Waals surface area contributed by atoms with Crippen LogP contribution in [0.25, 0.3) is 49.9 Å². The zero-order valence-corrected chi connectivity index (χ0v) is 22.4. The van der Waals surface area contributed by atoms with E-state index in [0.29, 0.717) is 0 Å². The summed E-state index contributed by atoms with van der Waals surface area (Å²) in [6, 6.07) is 37.2. The highest BCUT2D eigenvalue weighted by molar-refractivity contribution is 6.10. The van der Waals surface area contributed by atoms with Crippen LogP contribution in [0.1, 0.15) is 30.4 Å². The molecular weight excluding hydrogens is 490 g/mol. The number of hydrogen-bond acceptors (Lipinski definition) is 3. The van der Waals surface area contributed by atoms with Gasteiger partial charge in [0.2, 0.25) is 5.90 Å². The first kappa shape index (κ1) is 23.2. The maximum Gasteiger partial charge on any atom is 0.216 e. The van der Waals surface area contributed by atoms with Crippen LogP contribution in [-0.4, -0.2) is 27.6 Å². The van der Waals surface area contributed by atoms with Crippen LogP contribution in [0.3, 0.4) is 0 Å². The number of rotatable bonds is 4. The molecule has 1 aliphatic carbocycles. The van der Waals surface area contributed by atoms with E-state index in [0.717, 1.165) is 52.3 Å². The lowest BCUT2D eigenvalue weighted by atomic mass is 10.0. The van der Waals surface area contributed by atoms with Gasteiger partial charge in [-0.05, 0) is 85.3 Å². The minimum Gasteiger partial charge on any atom is -0.472 e. The summed E-state index contributed by atoms with van der Waals surface area (Å²) >= 11 is 0. The molecule has 2 atom stereocenters. The lowest BCUT2D eigenvalue weighted by Crippen LogP contribution is -2.15. The quantitative estimate of drug-likeness (QED) is 0.234. The summed E-state index contributed by atoms with van der Waals surface area (Å²) in [5, 5.41) is 2.46. The van der Waals surface area contributed by atoms with Gasteiger partial charge in [-0.25, -0.2) is 4.99 Å². The Hall–Kier alpha value is -4.70. The fraction of sp³-hybridized carbons (Fsp3) is 0.167. The first-order valence-electron chi connectivity index (χ1n) is 14.1. The molecule has 2 aliphatic rings. The second-order valence-corrected chi connectivity index (χ2v) is 11.0. The highest BCUT2D eigenvalue weighted by atomic mass is 16.5. The molecule has 0 unspecified atom stereocenters. The molecular formula is C36H29N3O. The molecule has 1 aliphatic heterocycles. The van der Waals surface area contributed by atoms with E-state index in [9.17, 15) is 0 Å². The zero-order valence-electron chi connectivity index (χ0n) is 22.4. The highest BCUT2D eigenvalue weighted by Gasteiger charge is 2.35. The third kappa shape index (κ3) is 3.83. The van der Waals surface area contributed by atoms with Crippen molar-refractivity contribution in [3.05, 3.63) is 120 Å². The molecule has 0 amide bonds. The van der Waals surface area contributed by atoms with Gasteiger partial charge in [0.05, 0.1) is 22.8 Å². The molecule has 8 rings (SSSR count). The Balaban J connectivity index is 1.38. The molecule has 0 bridgehead atoms. The van der Waals surface area contributed by atoms with Crippen LogP contribution in [0.15, 0.2) is 114 Å². The molecule has 4 heteroatoms. The van der Waals surface area contributed by atoms with Gasteiger partial charge >= 0.3 is 0 Å². The van der Waals surface area contributed by atoms with Gasteiger partial charge in [-0.15, -0.1) is 0 Å². The molecule has 2 aromatic heterocycles. The maximum atomic E-state index is 6.43. The second kappa shape index (κ2) is 9.20. The normalized spacial score (nSPS) is 18.2. The van der Waals surface area contributed by atoms with Crippen LogP contribution in [0.2, 0.25) is 0 Å². The number of para-hydroxylation sites is 1. The minimum absolute atomic E-state index is 0.219. The lowest BCUT2D eigenvalue weighted by Gasteiger charge is -2.15. The van der Waals surface area contributed by atoms with Crippen molar-refractivity contribution < 1.29 is 4.74 Å². The third-order valence-electron chi connectivity index (χ3n) is 8.38. The van der Waals surface area contributed by atoms with Crippen molar-refractivity contribution in [1.82, 2.24) is 9.55 Å². The first-order valence-corrected chi connectivity index (χ1v) is 14.1. The smallest absolute Gasteiger partial charge is 0.216 e. The molecule has 40 heavy (non-hydrogen) atoms. The first-order chi connectivity index (χ1) is 19.7. The van der Waals surface area contributed by atoms with E-state index in [1.54, 1.807) is 0 Å². The monoisotopic (exact) mass is 519 g/mol. The van der Waals surface area contributed by atoms with E-state index in [4.69, 9.17) is 9.73 Å². The molecule has 0 radical (unpaired) electrons. The summed E-state index contributed by atoms with van der Waals surface area (Å²) in [6.07, 6.45) is 5.50. The van der Waals surface area contributed by atoms with Crippen LogP contribution < -0.4 is 0 Å². The fourth-order valence-electron chi connectivity index (χ4n) is 6.42. The van der Waals surface area contributed by atoms with Gasteiger partial charge < -0.3 is 9.30 Å². The summed E-state index contributed by atoms with van der Waals surface area (Å²) in [7, 11) is 0. The van der Waals surface area contributed by atoms with Crippen molar-refractivity contribution in [2.24, 2.45) is 4.99 Å². The molecule has 0 spiro atoms. The Bertz CT molecular complexity index is 1940. The largest absolute Gasteiger partial charge is 0.472 e. The van der Waals surface area contributed by atoms with Crippen LogP contribution in [0, 0.1) is 6.92 Å². The van der Waals surface area contributed by atoms with Crippen molar-refractivity contribution >= 4 is 27.7 Å². The summed E-state index contributed by atoms with van der Waals surface area (Å²) in [5.74, 6) is 0.777. The van der Waals surface area contributed by atoms with Crippen molar-refractivity contribution in [1.29, 1.82) is 0 Å². The van der Waals surface area contributed by atoms with Gasteiger partial charge in [-0.3, -0.25) is 4.98 Å². The Morgan fingerprint density at radius 3 is 2.40 bits per heavy atom. The molecule has 1 saturated carbocycles. The predicted octanol–water partition coefficient (Wildman–Crippen LogP) is 8.52. The number of ether oxygens (including phenoxy) is 1. The summed E-state index contributed by atoms with van der Waals surface area (Å²) in [6.45, 7) is 2.11. The molecule has 0 saturated heterocycles. The van der Waals surface area contributed by atoms with Crippen molar-refractivity contribution in [3.63, 3.8) is 0 Å². The minimum atomic E-state index is 0.219. The second-order valence-electron chi connectivity index (χ2n) is 11.0. The van der Waals surface area contributed by atoms with Crippen LogP contribution in [0.4, 0.5) is 0 Å². The van der Waals surface area contributed by atoms with Gasteiger partial charge in [0.1, 0.15) is 6.10 Å². The number of aryl methyl sites for hydroxylation is 1. The average Bonchev–Trinajstić information content (AvgIpc) is 3.70. The van der Waals surface area contributed by atoms with Crippen molar-refractivity contribution in [2.75, 3.05) is 0 Å². The number of pyridine rings is 1. The predicted molar refractivity (Wildman–Crippen MR) is 163 cm³/mol. The number of fused-ring (bicyclic) bond motifs is 4. The molecule has 4 nitrogen and oxygen atoms in total. The van der Waals surface area contributed by atoms with Gasteiger partial charge in [-0.1, -0.05) is 60.7 Å². The Morgan fingerprint density at radius 2 is 1.52 bits per heavy atom. The van der Waals surface area contributed by atoms with Crippen LogP contribution in [-0.2, 0) is 4.74 Å². The van der Waals surface area contributed by atoms with Crippen molar-refractivity contribution in [3.8, 4) is 28.1 Å². The Kier molecular flexibility index (Phi) is 5.34. The highest BCUT2D eigenvalue weighted by Crippen LogP contribution is 2.37. The van der Waals surface area contributed by atoms with Gasteiger partial charge in [0.15, 0.2) is 0 Å². The number of aliphatic imine (C=N–C) groups is 1. The molecule has 3 heterocycles. The van der Waals surface area contributed by atoms with E-state index < -0.39 is 0 Å². The summed E-state index contributed by atoms with van der Waals surface area (Å²) in [4.78, 5) is 9.72. The molecule has 0 N–H and O–H groups in total. The van der Waals surface area contributed by atoms with Crippen molar-refractivity contribution in [2.45, 2.75) is 38.3 Å². The number of nitrogens with zero attached hydrogens (tertiary/aromatic N) is 3. The van der Waals surface area contributed by atoms with E-state index in [2.05, 4.69) is 114 Å². The molecule has 1 fully saturated rings. The molecule has 4 aromatic carbocycles. The average molecular weight is 520 g/mol. The topological polar surface area (TPSA) is 39.4 Å². The summed E-state index contributed by atoms with van der Waals surface area (Å²) < 4.78 is 8.82.